The van der Waals surface area contributed by atoms with E-state index in [9.17, 15) is 0 Å². The number of hydrogen-bond acceptors (Lipinski definition) is 3. The van der Waals surface area contributed by atoms with E-state index in [1.54, 1.807) is 11.3 Å². The lowest BCUT2D eigenvalue weighted by atomic mass is 10.0. The number of benzene rings is 1. The summed E-state index contributed by atoms with van der Waals surface area (Å²) in [5, 5.41) is 3.61. The molecular formula is C17H22ClNOS. The molecule has 2 rings (SSSR count). The highest BCUT2D eigenvalue weighted by molar-refractivity contribution is 7.16. The lowest BCUT2D eigenvalue weighted by Gasteiger charge is -2.27. The second-order valence-electron chi connectivity index (χ2n) is 4.86. The topological polar surface area (TPSA) is 21.3 Å². The molecule has 2 unspecified atom stereocenters. The molecule has 1 heterocycles. The molecule has 2 nitrogen and oxygen atoms in total. The molecule has 4 heteroatoms. The van der Waals surface area contributed by atoms with Crippen molar-refractivity contribution in [2.45, 2.75) is 32.4 Å². The Morgan fingerprint density at radius 3 is 2.48 bits per heavy atom. The lowest BCUT2D eigenvalue weighted by molar-refractivity contribution is 0.0336. The van der Waals surface area contributed by atoms with Gasteiger partial charge in [0.1, 0.15) is 6.10 Å². The second kappa shape index (κ2) is 8.54. The van der Waals surface area contributed by atoms with Gasteiger partial charge < -0.3 is 10.1 Å². The average molecular weight is 324 g/mol. The van der Waals surface area contributed by atoms with Crippen molar-refractivity contribution in [3.05, 3.63) is 57.2 Å². The maximum absolute atomic E-state index is 6.12. The van der Waals surface area contributed by atoms with Crippen LogP contribution in [0.4, 0.5) is 0 Å². The zero-order chi connectivity index (χ0) is 15.1. The number of nitrogens with one attached hydrogen (secondary N) is 1. The molecule has 1 N–H and O–H groups in total. The molecule has 0 saturated heterocycles. The number of ether oxygens (including phenoxy) is 1. The first-order valence-electron chi connectivity index (χ1n) is 7.41. The Balaban J connectivity index is 2.30. The largest absolute Gasteiger partial charge is 0.372 e. The SMILES string of the molecule is CCCNC(c1ccc(Cl)s1)C(OCC)c1ccccc1. The molecule has 21 heavy (non-hydrogen) atoms. The average Bonchev–Trinajstić information content (AvgIpc) is 2.94. The normalized spacial score (nSPS) is 14.0. The lowest BCUT2D eigenvalue weighted by Crippen LogP contribution is -2.28. The van der Waals surface area contributed by atoms with Gasteiger partial charge in [-0.1, -0.05) is 48.9 Å². The summed E-state index contributed by atoms with van der Waals surface area (Å²) in [5.41, 5.74) is 1.19. The predicted octanol–water partition coefficient (Wildman–Crippen LogP) is 5.22. The highest BCUT2D eigenvalue weighted by Crippen LogP contribution is 2.36. The quantitative estimate of drug-likeness (QED) is 0.719. The highest BCUT2D eigenvalue weighted by atomic mass is 35.5. The van der Waals surface area contributed by atoms with E-state index >= 15 is 0 Å². The molecule has 0 aliphatic carbocycles. The van der Waals surface area contributed by atoms with E-state index in [2.05, 4.69) is 42.6 Å². The van der Waals surface area contributed by atoms with Crippen LogP contribution in [0.1, 0.15) is 42.9 Å². The number of thiophene rings is 1. The Labute approximate surface area is 136 Å². The van der Waals surface area contributed by atoms with E-state index < -0.39 is 0 Å². The van der Waals surface area contributed by atoms with Crippen molar-refractivity contribution in [2.24, 2.45) is 0 Å². The Morgan fingerprint density at radius 2 is 1.90 bits per heavy atom. The maximum Gasteiger partial charge on any atom is 0.103 e. The van der Waals surface area contributed by atoms with Crippen molar-refractivity contribution in [3.8, 4) is 0 Å². The highest BCUT2D eigenvalue weighted by Gasteiger charge is 2.26. The minimum absolute atomic E-state index is 0.00235. The van der Waals surface area contributed by atoms with Crippen LogP contribution in [0.2, 0.25) is 4.34 Å². The van der Waals surface area contributed by atoms with Crippen LogP contribution in [0.5, 0.6) is 0 Å². The van der Waals surface area contributed by atoms with Crippen LogP contribution in [0.25, 0.3) is 0 Å². The molecule has 0 fully saturated rings. The van der Waals surface area contributed by atoms with Gasteiger partial charge in [0.2, 0.25) is 0 Å². The summed E-state index contributed by atoms with van der Waals surface area (Å²) in [4.78, 5) is 1.22. The minimum atomic E-state index is -0.00235. The molecule has 0 amide bonds. The summed E-state index contributed by atoms with van der Waals surface area (Å²) in [5.74, 6) is 0. The van der Waals surface area contributed by atoms with Crippen molar-refractivity contribution in [2.75, 3.05) is 13.2 Å². The van der Waals surface area contributed by atoms with E-state index in [1.165, 1.54) is 10.4 Å². The third-order valence-electron chi connectivity index (χ3n) is 3.29. The van der Waals surface area contributed by atoms with E-state index in [4.69, 9.17) is 16.3 Å². The molecular weight excluding hydrogens is 302 g/mol. The summed E-state index contributed by atoms with van der Waals surface area (Å²) >= 11 is 7.73. The molecule has 0 aliphatic rings. The van der Waals surface area contributed by atoms with Crippen LogP contribution in [0.3, 0.4) is 0 Å². The molecule has 0 bridgehead atoms. The molecule has 0 radical (unpaired) electrons. The summed E-state index contributed by atoms with van der Waals surface area (Å²) in [7, 11) is 0. The van der Waals surface area contributed by atoms with Crippen LogP contribution < -0.4 is 5.32 Å². The van der Waals surface area contributed by atoms with Crippen molar-refractivity contribution in [1.29, 1.82) is 0 Å². The fraction of sp³-hybridized carbons (Fsp3) is 0.412. The van der Waals surface area contributed by atoms with Crippen LogP contribution in [-0.4, -0.2) is 13.2 Å². The van der Waals surface area contributed by atoms with E-state index in [-0.39, 0.29) is 12.1 Å². The van der Waals surface area contributed by atoms with Gasteiger partial charge in [0.25, 0.3) is 0 Å². The van der Waals surface area contributed by atoms with Gasteiger partial charge >= 0.3 is 0 Å². The van der Waals surface area contributed by atoms with Crippen molar-refractivity contribution < 1.29 is 4.74 Å². The first-order valence-corrected chi connectivity index (χ1v) is 8.60. The van der Waals surface area contributed by atoms with E-state index in [0.29, 0.717) is 6.61 Å². The molecule has 0 spiro atoms. The second-order valence-corrected chi connectivity index (χ2v) is 6.61. The van der Waals surface area contributed by atoms with E-state index in [0.717, 1.165) is 17.3 Å². The Hall–Kier alpha value is -0.870. The fourth-order valence-corrected chi connectivity index (χ4v) is 3.52. The zero-order valence-corrected chi connectivity index (χ0v) is 14.1. The first kappa shape index (κ1) is 16.5. The number of halogens is 1. The summed E-state index contributed by atoms with van der Waals surface area (Å²) in [6.45, 7) is 5.84. The van der Waals surface area contributed by atoms with Crippen molar-refractivity contribution in [1.82, 2.24) is 5.32 Å². The Morgan fingerprint density at radius 1 is 1.14 bits per heavy atom. The van der Waals surface area contributed by atoms with Gasteiger partial charge in [-0.25, -0.2) is 0 Å². The molecule has 0 aliphatic heterocycles. The summed E-state index contributed by atoms with van der Waals surface area (Å²) in [6.07, 6.45) is 1.08. The molecule has 0 saturated carbocycles. The van der Waals surface area contributed by atoms with Crippen molar-refractivity contribution >= 4 is 22.9 Å². The number of rotatable bonds is 8. The third-order valence-corrected chi connectivity index (χ3v) is 4.61. The van der Waals surface area contributed by atoms with Gasteiger partial charge in [0.05, 0.1) is 10.4 Å². The van der Waals surface area contributed by atoms with Crippen LogP contribution in [-0.2, 0) is 4.74 Å². The van der Waals surface area contributed by atoms with Gasteiger partial charge in [-0.3, -0.25) is 0 Å². The van der Waals surface area contributed by atoms with Gasteiger partial charge in [-0.2, -0.15) is 0 Å². The minimum Gasteiger partial charge on any atom is -0.372 e. The monoisotopic (exact) mass is 323 g/mol. The van der Waals surface area contributed by atoms with Gasteiger partial charge in [0, 0.05) is 11.5 Å². The molecule has 2 atom stereocenters. The standard InChI is InChI=1S/C17H22ClNOS/c1-3-12-19-16(14-10-11-15(18)21-14)17(20-4-2)13-8-6-5-7-9-13/h5-11,16-17,19H,3-4,12H2,1-2H3. The van der Waals surface area contributed by atoms with Crippen LogP contribution >= 0.6 is 22.9 Å². The molecule has 114 valence electrons. The zero-order valence-electron chi connectivity index (χ0n) is 12.5. The van der Waals surface area contributed by atoms with Crippen molar-refractivity contribution in [3.63, 3.8) is 0 Å². The molecule has 1 aromatic carbocycles. The summed E-state index contributed by atoms with van der Waals surface area (Å²) in [6, 6.07) is 14.6. The first-order chi connectivity index (χ1) is 10.3. The van der Waals surface area contributed by atoms with Crippen LogP contribution in [0.15, 0.2) is 42.5 Å². The number of hydrogen-bond donors (Lipinski definition) is 1. The maximum atomic E-state index is 6.12. The smallest absolute Gasteiger partial charge is 0.103 e. The molecule has 2 aromatic rings. The summed E-state index contributed by atoms with van der Waals surface area (Å²) < 4.78 is 6.87. The van der Waals surface area contributed by atoms with Crippen LogP contribution in [0, 0.1) is 0 Å². The van der Waals surface area contributed by atoms with Gasteiger partial charge in [0.15, 0.2) is 0 Å². The van der Waals surface area contributed by atoms with E-state index in [1.807, 2.05) is 19.1 Å². The Kier molecular flexibility index (Phi) is 6.71. The Bertz CT molecular complexity index is 529. The predicted molar refractivity (Wildman–Crippen MR) is 91.2 cm³/mol. The third kappa shape index (κ3) is 4.55. The van der Waals surface area contributed by atoms with Gasteiger partial charge in [-0.15, -0.1) is 11.3 Å². The molecule has 1 aromatic heterocycles. The fourth-order valence-electron chi connectivity index (χ4n) is 2.36. The van der Waals surface area contributed by atoms with Gasteiger partial charge in [-0.05, 0) is 37.6 Å².